The molecular formula is C18H26F2N2O3. The van der Waals surface area contributed by atoms with Crippen molar-refractivity contribution in [3.63, 3.8) is 0 Å². The first kappa shape index (κ1) is 19.8. The lowest BCUT2D eigenvalue weighted by Crippen LogP contribution is -2.53. The molecule has 7 heteroatoms. The molecule has 1 fully saturated rings. The Morgan fingerprint density at radius 2 is 2.12 bits per heavy atom. The molecule has 2 rings (SSSR count). The van der Waals surface area contributed by atoms with Gasteiger partial charge in [0.05, 0.1) is 18.3 Å². The Balaban J connectivity index is 1.94. The van der Waals surface area contributed by atoms with Crippen LogP contribution >= 0.6 is 0 Å². The van der Waals surface area contributed by atoms with Gasteiger partial charge >= 0.3 is 0 Å². The van der Waals surface area contributed by atoms with Gasteiger partial charge in [0, 0.05) is 45.4 Å². The van der Waals surface area contributed by atoms with Gasteiger partial charge in [0.15, 0.2) is 0 Å². The molecule has 0 saturated carbocycles. The van der Waals surface area contributed by atoms with Crippen molar-refractivity contribution in [2.24, 2.45) is 0 Å². The topological polar surface area (TPSA) is 42.0 Å². The summed E-state index contributed by atoms with van der Waals surface area (Å²) < 4.78 is 38.4. The Bertz CT molecular complexity index is 608. The molecule has 0 aliphatic carbocycles. The molecule has 0 spiro atoms. The SMILES string of the molecule is CN(C)C(=O)COC[C@@H]1CN(Cc2ccc(F)cc2F)CC(C)(C)O1. The molecule has 25 heavy (non-hydrogen) atoms. The maximum Gasteiger partial charge on any atom is 0.248 e. The van der Waals surface area contributed by atoms with Crippen molar-refractivity contribution in [3.8, 4) is 0 Å². The maximum atomic E-state index is 13.9. The van der Waals surface area contributed by atoms with Gasteiger partial charge in [-0.05, 0) is 19.9 Å². The zero-order chi connectivity index (χ0) is 18.6. The smallest absolute Gasteiger partial charge is 0.248 e. The number of benzene rings is 1. The lowest BCUT2D eigenvalue weighted by molar-refractivity contribution is -0.161. The summed E-state index contributed by atoms with van der Waals surface area (Å²) in [6.45, 7) is 5.74. The van der Waals surface area contributed by atoms with Crippen LogP contribution in [0.1, 0.15) is 19.4 Å². The number of halogens is 2. The van der Waals surface area contributed by atoms with Crippen LogP contribution in [0.2, 0.25) is 0 Å². The van der Waals surface area contributed by atoms with Crippen LogP contribution in [0.15, 0.2) is 18.2 Å². The molecule has 1 aliphatic heterocycles. The second-order valence-corrected chi connectivity index (χ2v) is 7.21. The number of likely N-dealkylation sites (N-methyl/N-ethyl adjacent to an activating group) is 1. The van der Waals surface area contributed by atoms with Crippen molar-refractivity contribution in [2.45, 2.75) is 32.1 Å². The minimum atomic E-state index is -0.583. The molecule has 1 aromatic carbocycles. The Morgan fingerprint density at radius 1 is 1.40 bits per heavy atom. The van der Waals surface area contributed by atoms with E-state index >= 15 is 0 Å². The summed E-state index contributed by atoms with van der Waals surface area (Å²) in [6, 6.07) is 3.63. The zero-order valence-electron chi connectivity index (χ0n) is 15.2. The van der Waals surface area contributed by atoms with E-state index in [1.807, 2.05) is 13.8 Å². The van der Waals surface area contributed by atoms with E-state index in [1.165, 1.54) is 17.0 Å². The van der Waals surface area contributed by atoms with E-state index < -0.39 is 17.2 Å². The van der Waals surface area contributed by atoms with Crippen molar-refractivity contribution in [3.05, 3.63) is 35.4 Å². The molecular weight excluding hydrogens is 330 g/mol. The quantitative estimate of drug-likeness (QED) is 0.782. The largest absolute Gasteiger partial charge is 0.369 e. The molecule has 0 bridgehead atoms. The molecule has 5 nitrogen and oxygen atoms in total. The first-order valence-corrected chi connectivity index (χ1v) is 8.28. The van der Waals surface area contributed by atoms with Gasteiger partial charge in [0.25, 0.3) is 0 Å². The summed E-state index contributed by atoms with van der Waals surface area (Å²) in [7, 11) is 3.34. The van der Waals surface area contributed by atoms with Gasteiger partial charge in [-0.15, -0.1) is 0 Å². The molecule has 140 valence electrons. The lowest BCUT2D eigenvalue weighted by Gasteiger charge is -2.42. The van der Waals surface area contributed by atoms with Crippen molar-refractivity contribution < 1.29 is 23.0 Å². The van der Waals surface area contributed by atoms with Gasteiger partial charge in [0.1, 0.15) is 18.2 Å². The van der Waals surface area contributed by atoms with E-state index in [0.29, 0.717) is 25.2 Å². The average Bonchev–Trinajstić information content (AvgIpc) is 2.48. The van der Waals surface area contributed by atoms with Gasteiger partial charge in [-0.2, -0.15) is 0 Å². The fraction of sp³-hybridized carbons (Fsp3) is 0.611. The van der Waals surface area contributed by atoms with E-state index in [1.54, 1.807) is 14.1 Å². The number of nitrogens with zero attached hydrogens (tertiary/aromatic N) is 2. The number of ether oxygens (including phenoxy) is 2. The van der Waals surface area contributed by atoms with E-state index in [2.05, 4.69) is 4.90 Å². The van der Waals surface area contributed by atoms with E-state index in [4.69, 9.17) is 9.47 Å². The van der Waals surface area contributed by atoms with Gasteiger partial charge < -0.3 is 14.4 Å². The van der Waals surface area contributed by atoms with Gasteiger partial charge in [0.2, 0.25) is 5.91 Å². The standard InChI is InChI=1S/C18H26F2N2O3/c1-18(2)12-22(8-13-5-6-14(19)7-16(13)20)9-15(25-18)10-24-11-17(23)21(3)4/h5-7,15H,8-12H2,1-4H3/t15-/m0/s1. The molecule has 1 amide bonds. The monoisotopic (exact) mass is 356 g/mol. The summed E-state index contributed by atoms with van der Waals surface area (Å²) in [4.78, 5) is 15.1. The number of morpholine rings is 1. The molecule has 1 heterocycles. The number of carbonyl (C=O) groups excluding carboxylic acids is 1. The van der Waals surface area contributed by atoms with Crippen LogP contribution < -0.4 is 0 Å². The second-order valence-electron chi connectivity index (χ2n) is 7.21. The number of rotatable bonds is 6. The second kappa shape index (κ2) is 8.21. The zero-order valence-corrected chi connectivity index (χ0v) is 15.2. The van der Waals surface area contributed by atoms with Gasteiger partial charge in [-0.25, -0.2) is 8.78 Å². The Kier molecular flexibility index (Phi) is 6.48. The normalized spacial score (nSPS) is 20.5. The predicted molar refractivity (Wildman–Crippen MR) is 90.1 cm³/mol. The van der Waals surface area contributed by atoms with Crippen molar-refractivity contribution in [1.82, 2.24) is 9.80 Å². The Morgan fingerprint density at radius 3 is 2.76 bits per heavy atom. The number of carbonyl (C=O) groups is 1. The highest BCUT2D eigenvalue weighted by atomic mass is 19.1. The fourth-order valence-corrected chi connectivity index (χ4v) is 2.92. The fourth-order valence-electron chi connectivity index (χ4n) is 2.92. The molecule has 0 radical (unpaired) electrons. The van der Waals surface area contributed by atoms with Crippen molar-refractivity contribution in [1.29, 1.82) is 0 Å². The van der Waals surface area contributed by atoms with E-state index in [0.717, 1.165) is 6.07 Å². The summed E-state index contributed by atoms with van der Waals surface area (Å²) in [6.07, 6.45) is -0.220. The molecule has 0 N–H and O–H groups in total. The molecule has 1 atom stereocenters. The van der Waals surface area contributed by atoms with Crippen molar-refractivity contribution in [2.75, 3.05) is 40.4 Å². The molecule has 0 aromatic heterocycles. The van der Waals surface area contributed by atoms with Crippen LogP contribution in [0.25, 0.3) is 0 Å². The van der Waals surface area contributed by atoms with Gasteiger partial charge in [-0.1, -0.05) is 6.07 Å². The minimum absolute atomic E-state index is 0.000120. The predicted octanol–water partition coefficient (Wildman–Crippen LogP) is 2.05. The maximum absolute atomic E-state index is 13.9. The Labute approximate surface area is 147 Å². The van der Waals surface area contributed by atoms with Crippen LogP contribution in [0.3, 0.4) is 0 Å². The highest BCUT2D eigenvalue weighted by molar-refractivity contribution is 5.76. The summed E-state index contributed by atoms with van der Waals surface area (Å²) >= 11 is 0. The van der Waals surface area contributed by atoms with Crippen LogP contribution in [-0.4, -0.2) is 67.8 Å². The Hall–Kier alpha value is -1.57. The van der Waals surface area contributed by atoms with Gasteiger partial charge in [-0.3, -0.25) is 9.69 Å². The highest BCUT2D eigenvalue weighted by Gasteiger charge is 2.33. The summed E-state index contributed by atoms with van der Waals surface area (Å²) in [5, 5.41) is 0. The molecule has 1 saturated heterocycles. The van der Waals surface area contributed by atoms with Crippen LogP contribution in [-0.2, 0) is 20.8 Å². The summed E-state index contributed by atoms with van der Waals surface area (Å²) in [5.74, 6) is -1.24. The van der Waals surface area contributed by atoms with Crippen molar-refractivity contribution >= 4 is 5.91 Å². The number of hydrogen-bond donors (Lipinski definition) is 0. The summed E-state index contributed by atoms with van der Waals surface area (Å²) in [5.41, 5.74) is 0.0236. The van der Waals surface area contributed by atoms with E-state index in [-0.39, 0.29) is 25.2 Å². The first-order chi connectivity index (χ1) is 11.7. The lowest BCUT2D eigenvalue weighted by atomic mass is 10.0. The van der Waals surface area contributed by atoms with Crippen LogP contribution in [0.5, 0.6) is 0 Å². The third-order valence-electron chi connectivity index (χ3n) is 3.99. The third kappa shape index (κ3) is 6.02. The van der Waals surface area contributed by atoms with E-state index in [9.17, 15) is 13.6 Å². The first-order valence-electron chi connectivity index (χ1n) is 8.28. The molecule has 0 unspecified atom stereocenters. The number of amides is 1. The average molecular weight is 356 g/mol. The van der Waals surface area contributed by atoms with Crippen LogP contribution in [0.4, 0.5) is 8.78 Å². The molecule has 1 aromatic rings. The molecule has 1 aliphatic rings. The highest BCUT2D eigenvalue weighted by Crippen LogP contribution is 2.23. The van der Waals surface area contributed by atoms with Crippen LogP contribution in [0, 0.1) is 11.6 Å². The number of hydrogen-bond acceptors (Lipinski definition) is 4. The minimum Gasteiger partial charge on any atom is -0.369 e. The third-order valence-corrected chi connectivity index (χ3v) is 3.99.